The lowest BCUT2D eigenvalue weighted by molar-refractivity contribution is -0.0521. The summed E-state index contributed by atoms with van der Waals surface area (Å²) in [5.74, 6) is -2.05. The average Bonchev–Trinajstić information content (AvgIpc) is 2.75. The third-order valence-electron chi connectivity index (χ3n) is 5.11. The first-order valence-electron chi connectivity index (χ1n) is 9.52. The van der Waals surface area contributed by atoms with Crippen molar-refractivity contribution in [3.05, 3.63) is 90.0 Å². The molecular formula is C25H18F4O. The fourth-order valence-corrected chi connectivity index (χ4v) is 3.49. The third-order valence-corrected chi connectivity index (χ3v) is 5.11. The SMILES string of the molecule is CCc1ccc(-c2ccc3c(F)c(-c4ccc(OC(F)F)c(F)c4)ccc3c2)cc1. The molecule has 152 valence electrons. The molecule has 0 heterocycles. The van der Waals surface area contributed by atoms with Crippen LogP contribution in [0.5, 0.6) is 5.75 Å². The molecule has 0 N–H and O–H groups in total. The fraction of sp³-hybridized carbons (Fsp3) is 0.120. The number of fused-ring (bicyclic) bond motifs is 1. The van der Waals surface area contributed by atoms with Gasteiger partial charge >= 0.3 is 6.61 Å². The van der Waals surface area contributed by atoms with Crippen LogP contribution in [0.1, 0.15) is 12.5 Å². The van der Waals surface area contributed by atoms with E-state index in [-0.39, 0.29) is 11.1 Å². The van der Waals surface area contributed by atoms with E-state index >= 15 is 4.39 Å². The number of hydrogen-bond acceptors (Lipinski definition) is 1. The standard InChI is InChI=1S/C25H18F4O/c1-2-15-3-5-16(6-4-15)17-7-10-20-18(13-17)8-11-21(24(20)27)19-9-12-23(22(26)14-19)30-25(28)29/h3-14,25H,2H2,1H3. The Morgan fingerprint density at radius 2 is 1.47 bits per heavy atom. The van der Waals surface area contributed by atoms with E-state index in [1.807, 2.05) is 24.3 Å². The van der Waals surface area contributed by atoms with Gasteiger partial charge in [-0.05, 0) is 52.3 Å². The largest absolute Gasteiger partial charge is 0.432 e. The molecule has 30 heavy (non-hydrogen) atoms. The van der Waals surface area contributed by atoms with Crippen molar-refractivity contribution >= 4 is 10.8 Å². The summed E-state index contributed by atoms with van der Waals surface area (Å²) < 4.78 is 57.9. The van der Waals surface area contributed by atoms with Crippen molar-refractivity contribution in [2.45, 2.75) is 20.0 Å². The Kier molecular flexibility index (Phi) is 5.44. The molecule has 0 spiro atoms. The molecule has 0 unspecified atom stereocenters. The van der Waals surface area contributed by atoms with Crippen molar-refractivity contribution in [2.24, 2.45) is 0 Å². The molecule has 0 aliphatic rings. The van der Waals surface area contributed by atoms with Crippen molar-refractivity contribution < 1.29 is 22.3 Å². The van der Waals surface area contributed by atoms with Crippen LogP contribution in [0, 0.1) is 11.6 Å². The molecule has 0 aromatic heterocycles. The van der Waals surface area contributed by atoms with E-state index in [1.54, 1.807) is 18.2 Å². The van der Waals surface area contributed by atoms with Gasteiger partial charge in [0.2, 0.25) is 0 Å². The van der Waals surface area contributed by atoms with Crippen LogP contribution in [-0.2, 0) is 6.42 Å². The van der Waals surface area contributed by atoms with E-state index in [1.165, 1.54) is 11.6 Å². The van der Waals surface area contributed by atoms with E-state index in [2.05, 4.69) is 23.8 Å². The second-order valence-electron chi connectivity index (χ2n) is 6.94. The summed E-state index contributed by atoms with van der Waals surface area (Å²) in [4.78, 5) is 0. The minimum absolute atomic E-state index is 0.185. The van der Waals surface area contributed by atoms with E-state index in [4.69, 9.17) is 0 Å². The van der Waals surface area contributed by atoms with E-state index in [0.29, 0.717) is 10.8 Å². The Balaban J connectivity index is 1.71. The minimum atomic E-state index is -3.13. The van der Waals surface area contributed by atoms with E-state index in [9.17, 15) is 13.2 Å². The van der Waals surface area contributed by atoms with Gasteiger partial charge in [0.15, 0.2) is 11.6 Å². The Morgan fingerprint density at radius 3 is 2.13 bits per heavy atom. The highest BCUT2D eigenvalue weighted by molar-refractivity contribution is 5.91. The van der Waals surface area contributed by atoms with Crippen LogP contribution in [-0.4, -0.2) is 6.61 Å². The molecule has 5 heteroatoms. The molecule has 0 fully saturated rings. The molecular weight excluding hydrogens is 392 g/mol. The van der Waals surface area contributed by atoms with E-state index < -0.39 is 24.0 Å². The summed E-state index contributed by atoms with van der Waals surface area (Å²) in [5, 5.41) is 1.11. The van der Waals surface area contributed by atoms with Crippen molar-refractivity contribution in [1.29, 1.82) is 0 Å². The van der Waals surface area contributed by atoms with Gasteiger partial charge < -0.3 is 4.74 Å². The molecule has 0 radical (unpaired) electrons. The fourth-order valence-electron chi connectivity index (χ4n) is 3.49. The first-order valence-corrected chi connectivity index (χ1v) is 9.52. The van der Waals surface area contributed by atoms with Crippen LogP contribution in [0.2, 0.25) is 0 Å². The quantitative estimate of drug-likeness (QED) is 0.308. The Morgan fingerprint density at radius 1 is 0.767 bits per heavy atom. The number of benzene rings is 4. The summed E-state index contributed by atoms with van der Waals surface area (Å²) in [6.45, 7) is -1.04. The zero-order valence-corrected chi connectivity index (χ0v) is 16.1. The second-order valence-corrected chi connectivity index (χ2v) is 6.94. The number of ether oxygens (including phenoxy) is 1. The molecule has 0 atom stereocenters. The maximum Gasteiger partial charge on any atom is 0.387 e. The van der Waals surface area contributed by atoms with Crippen molar-refractivity contribution in [3.8, 4) is 28.0 Å². The van der Waals surface area contributed by atoms with Gasteiger partial charge in [-0.2, -0.15) is 8.78 Å². The lowest BCUT2D eigenvalue weighted by Crippen LogP contribution is -2.03. The van der Waals surface area contributed by atoms with Crippen LogP contribution >= 0.6 is 0 Å². The lowest BCUT2D eigenvalue weighted by Gasteiger charge is -2.11. The van der Waals surface area contributed by atoms with Gasteiger partial charge in [-0.3, -0.25) is 0 Å². The smallest absolute Gasteiger partial charge is 0.387 e. The van der Waals surface area contributed by atoms with Crippen LogP contribution in [0.3, 0.4) is 0 Å². The molecule has 4 aromatic carbocycles. The van der Waals surface area contributed by atoms with Crippen molar-refractivity contribution in [2.75, 3.05) is 0 Å². The van der Waals surface area contributed by atoms with Crippen molar-refractivity contribution in [1.82, 2.24) is 0 Å². The maximum absolute atomic E-state index is 15.2. The molecule has 0 bridgehead atoms. The van der Waals surface area contributed by atoms with Gasteiger partial charge in [-0.1, -0.05) is 61.5 Å². The average molecular weight is 410 g/mol. The van der Waals surface area contributed by atoms with Gasteiger partial charge in [0.25, 0.3) is 0 Å². The molecule has 0 aliphatic carbocycles. The highest BCUT2D eigenvalue weighted by Crippen LogP contribution is 2.33. The summed E-state index contributed by atoms with van der Waals surface area (Å²) in [6.07, 6.45) is 0.960. The summed E-state index contributed by atoms with van der Waals surface area (Å²) >= 11 is 0. The molecule has 0 saturated carbocycles. The topological polar surface area (TPSA) is 9.23 Å². The third kappa shape index (κ3) is 3.88. The van der Waals surface area contributed by atoms with Gasteiger partial charge in [0.1, 0.15) is 5.82 Å². The van der Waals surface area contributed by atoms with Gasteiger partial charge in [0, 0.05) is 10.9 Å². The first kappa shape index (κ1) is 20.0. The first-order chi connectivity index (χ1) is 14.5. The summed E-state index contributed by atoms with van der Waals surface area (Å²) in [6, 6.07) is 20.4. The monoisotopic (exact) mass is 410 g/mol. The second kappa shape index (κ2) is 8.19. The predicted molar refractivity (Wildman–Crippen MR) is 111 cm³/mol. The summed E-state index contributed by atoms with van der Waals surface area (Å²) in [5.41, 5.74) is 3.68. The molecule has 4 aromatic rings. The number of hydrogen-bond donors (Lipinski definition) is 0. The van der Waals surface area contributed by atoms with Crippen LogP contribution in [0.4, 0.5) is 17.6 Å². The molecule has 0 saturated heterocycles. The molecule has 1 nitrogen and oxygen atoms in total. The minimum Gasteiger partial charge on any atom is -0.432 e. The van der Waals surface area contributed by atoms with Gasteiger partial charge in [-0.25, -0.2) is 8.78 Å². The highest BCUT2D eigenvalue weighted by Gasteiger charge is 2.15. The van der Waals surface area contributed by atoms with Crippen LogP contribution in [0.15, 0.2) is 72.8 Å². The zero-order valence-electron chi connectivity index (χ0n) is 16.1. The Bertz CT molecular complexity index is 1200. The Labute approximate surface area is 171 Å². The predicted octanol–water partition coefficient (Wildman–Crippen LogP) is 7.62. The highest BCUT2D eigenvalue weighted by atomic mass is 19.3. The van der Waals surface area contributed by atoms with E-state index in [0.717, 1.165) is 29.7 Å². The normalized spacial score (nSPS) is 11.3. The molecule has 0 amide bonds. The molecule has 4 rings (SSSR count). The number of aryl methyl sites for hydroxylation is 1. The van der Waals surface area contributed by atoms with Crippen LogP contribution < -0.4 is 4.74 Å². The van der Waals surface area contributed by atoms with Gasteiger partial charge in [0.05, 0.1) is 0 Å². The zero-order chi connectivity index (χ0) is 21.3. The van der Waals surface area contributed by atoms with Crippen molar-refractivity contribution in [3.63, 3.8) is 0 Å². The number of alkyl halides is 2. The lowest BCUT2D eigenvalue weighted by atomic mass is 9.96. The Hall–Kier alpha value is -3.34. The van der Waals surface area contributed by atoms with Gasteiger partial charge in [-0.15, -0.1) is 0 Å². The number of halogens is 4. The maximum atomic E-state index is 15.2. The molecule has 0 aliphatic heterocycles. The number of rotatable bonds is 5. The van der Waals surface area contributed by atoms with Crippen LogP contribution in [0.25, 0.3) is 33.0 Å². The summed E-state index contributed by atoms with van der Waals surface area (Å²) in [7, 11) is 0.